The van der Waals surface area contributed by atoms with Gasteiger partial charge in [-0.05, 0) is 24.3 Å². The smallest absolute Gasteiger partial charge is 0.249 e. The molecule has 0 radical (unpaired) electrons. The van der Waals surface area contributed by atoms with E-state index in [9.17, 15) is 8.42 Å². The average Bonchev–Trinajstić information content (AvgIpc) is 2.59. The molecular weight excluding hydrogens is 330 g/mol. The van der Waals surface area contributed by atoms with Gasteiger partial charge < -0.3 is 15.5 Å². The van der Waals surface area contributed by atoms with Crippen molar-refractivity contribution in [1.82, 2.24) is 5.32 Å². The molecule has 23 heavy (non-hydrogen) atoms. The molecule has 1 unspecified atom stereocenters. The van der Waals surface area contributed by atoms with Crippen LogP contribution in [0.2, 0.25) is 0 Å². The Bertz CT molecular complexity index is 895. The lowest BCUT2D eigenvalue weighted by Crippen LogP contribution is -2.43. The summed E-state index contributed by atoms with van der Waals surface area (Å²) in [5.41, 5.74) is 2.90. The van der Waals surface area contributed by atoms with E-state index in [-0.39, 0.29) is 0 Å². The van der Waals surface area contributed by atoms with Gasteiger partial charge in [0.25, 0.3) is 0 Å². The quantitative estimate of drug-likeness (QED) is 0.705. The Morgan fingerprint density at radius 3 is 2.48 bits per heavy atom. The molecule has 4 rings (SSSR count). The Hall–Kier alpha value is -1.83. The fourth-order valence-corrected chi connectivity index (χ4v) is 6.43. The third-order valence-electron chi connectivity index (χ3n) is 4.14. The van der Waals surface area contributed by atoms with Crippen molar-refractivity contribution in [3.63, 3.8) is 0 Å². The van der Waals surface area contributed by atoms with E-state index in [0.29, 0.717) is 0 Å². The molecule has 7 heteroatoms. The van der Waals surface area contributed by atoms with Crippen LogP contribution in [0.4, 0.5) is 17.1 Å². The van der Waals surface area contributed by atoms with Crippen LogP contribution in [0.5, 0.6) is 0 Å². The van der Waals surface area contributed by atoms with Gasteiger partial charge >= 0.3 is 0 Å². The summed E-state index contributed by atoms with van der Waals surface area (Å²) in [6, 6.07) is 13.6. The molecule has 0 saturated carbocycles. The summed E-state index contributed by atoms with van der Waals surface area (Å²) >= 11 is 0. The number of piperazine rings is 1. The predicted molar refractivity (Wildman–Crippen MR) is 94.1 cm³/mol. The van der Waals surface area contributed by atoms with Gasteiger partial charge in [-0.1, -0.05) is 18.2 Å². The van der Waals surface area contributed by atoms with Gasteiger partial charge in [-0.25, -0.2) is 0 Å². The maximum Gasteiger partial charge on any atom is 0.249 e. The molecule has 0 aliphatic carbocycles. The van der Waals surface area contributed by atoms with Crippen molar-refractivity contribution in [2.45, 2.75) is 9.79 Å². The molecule has 0 spiro atoms. The normalized spacial score (nSPS) is 19.5. The Morgan fingerprint density at radius 2 is 1.70 bits per heavy atom. The summed E-state index contributed by atoms with van der Waals surface area (Å²) in [6.07, 6.45) is 0. The predicted octanol–water partition coefficient (Wildman–Crippen LogP) is 1.98. The number of benzene rings is 2. The summed E-state index contributed by atoms with van der Waals surface area (Å²) in [5.74, 6) is 0. The van der Waals surface area contributed by atoms with Crippen molar-refractivity contribution >= 4 is 35.8 Å². The molecule has 2 heterocycles. The molecule has 1 saturated heterocycles. The van der Waals surface area contributed by atoms with Crippen LogP contribution in [0.1, 0.15) is 0 Å². The number of fused-ring (bicyclic) bond motifs is 2. The van der Waals surface area contributed by atoms with Crippen LogP contribution in [-0.2, 0) is 18.7 Å². The Kier molecular flexibility index (Phi) is 3.84. The van der Waals surface area contributed by atoms with E-state index in [2.05, 4.69) is 21.6 Å². The molecule has 0 bridgehead atoms. The van der Waals surface area contributed by atoms with Gasteiger partial charge in [0.05, 0.1) is 17.1 Å². The molecule has 0 amide bonds. The van der Waals surface area contributed by atoms with Gasteiger partial charge in [0.2, 0.25) is 9.26 Å². The lowest BCUT2D eigenvalue weighted by molar-refractivity contribution is 0.589. The van der Waals surface area contributed by atoms with E-state index in [1.165, 1.54) is 0 Å². The van der Waals surface area contributed by atoms with Crippen LogP contribution >= 0.6 is 0 Å². The van der Waals surface area contributed by atoms with E-state index in [1.807, 2.05) is 36.4 Å². The molecule has 2 aliphatic heterocycles. The molecular formula is C16H17N3O2S2. The number of hydrogen-bond donors (Lipinski definition) is 2. The minimum Gasteiger partial charge on any atom is -0.367 e. The van der Waals surface area contributed by atoms with Crippen molar-refractivity contribution in [2.24, 2.45) is 0 Å². The van der Waals surface area contributed by atoms with Crippen LogP contribution in [0.25, 0.3) is 0 Å². The Labute approximate surface area is 138 Å². The molecule has 5 nitrogen and oxygen atoms in total. The van der Waals surface area contributed by atoms with E-state index < -0.39 is 18.7 Å². The van der Waals surface area contributed by atoms with Crippen LogP contribution in [0.3, 0.4) is 0 Å². The van der Waals surface area contributed by atoms with E-state index in [1.54, 1.807) is 0 Å². The summed E-state index contributed by atoms with van der Waals surface area (Å²) in [5, 5.41) is 6.81. The van der Waals surface area contributed by atoms with Crippen LogP contribution in [0.15, 0.2) is 52.3 Å². The average molecular weight is 347 g/mol. The van der Waals surface area contributed by atoms with Gasteiger partial charge in [0.15, 0.2) is 0 Å². The largest absolute Gasteiger partial charge is 0.367 e. The van der Waals surface area contributed by atoms with Crippen molar-refractivity contribution in [1.29, 1.82) is 0 Å². The SMILES string of the molecule is O=S(=O)=S1c2ccccc2Nc2c(N3CCNCC3)cccc21. The minimum atomic E-state index is -2.18. The highest BCUT2D eigenvalue weighted by atomic mass is 32.9. The van der Waals surface area contributed by atoms with Crippen molar-refractivity contribution < 1.29 is 8.42 Å². The lowest BCUT2D eigenvalue weighted by atomic mass is 10.2. The zero-order chi connectivity index (χ0) is 15.8. The van der Waals surface area contributed by atoms with Crippen molar-refractivity contribution in [3.8, 4) is 0 Å². The molecule has 0 aromatic heterocycles. The highest BCUT2D eigenvalue weighted by Crippen LogP contribution is 2.42. The summed E-state index contributed by atoms with van der Waals surface area (Å²) in [7, 11) is -3.13. The van der Waals surface area contributed by atoms with E-state index >= 15 is 0 Å². The standard InChI is InChI=1S/C16H17N3O2S2/c20-23(21)22-14-6-2-1-4-12(14)18-16-13(5-3-7-15(16)22)19-10-8-17-9-11-19/h1-7,17-18H,8-11H2. The first-order valence-electron chi connectivity index (χ1n) is 7.54. The molecule has 1 fully saturated rings. The fourth-order valence-electron chi connectivity index (χ4n) is 3.10. The van der Waals surface area contributed by atoms with E-state index in [0.717, 1.165) is 53.0 Å². The Balaban J connectivity index is 1.93. The highest BCUT2D eigenvalue weighted by Gasteiger charge is 2.25. The van der Waals surface area contributed by atoms with Gasteiger partial charge in [0.1, 0.15) is 0 Å². The first kappa shape index (κ1) is 14.7. The summed E-state index contributed by atoms with van der Waals surface area (Å²) < 4.78 is 23.9. The Morgan fingerprint density at radius 1 is 0.957 bits per heavy atom. The van der Waals surface area contributed by atoms with Crippen LogP contribution in [-0.4, -0.2) is 34.6 Å². The topological polar surface area (TPSA) is 61.4 Å². The summed E-state index contributed by atoms with van der Waals surface area (Å²) in [4.78, 5) is 4.00. The number of rotatable bonds is 1. The summed E-state index contributed by atoms with van der Waals surface area (Å²) in [6.45, 7) is 3.74. The molecule has 2 aromatic carbocycles. The van der Waals surface area contributed by atoms with Gasteiger partial charge in [-0.15, -0.1) is 0 Å². The fraction of sp³-hybridized carbons (Fsp3) is 0.250. The van der Waals surface area contributed by atoms with Gasteiger partial charge in [0, 0.05) is 45.4 Å². The second-order valence-electron chi connectivity index (χ2n) is 5.48. The highest BCUT2D eigenvalue weighted by molar-refractivity contribution is 8.34. The molecule has 2 N–H and O–H groups in total. The van der Waals surface area contributed by atoms with Crippen molar-refractivity contribution in [2.75, 3.05) is 36.4 Å². The van der Waals surface area contributed by atoms with Crippen LogP contribution in [0, 0.1) is 0 Å². The van der Waals surface area contributed by atoms with Gasteiger partial charge in [-0.2, -0.15) is 8.42 Å². The third kappa shape index (κ3) is 2.54. The second-order valence-corrected chi connectivity index (χ2v) is 9.12. The number of para-hydroxylation sites is 2. The monoisotopic (exact) mass is 347 g/mol. The number of nitrogens with one attached hydrogen (secondary N) is 2. The zero-order valence-electron chi connectivity index (χ0n) is 12.5. The maximum absolute atomic E-state index is 11.9. The maximum atomic E-state index is 11.9. The molecule has 120 valence electrons. The minimum absolute atomic E-state index is 0.839. The van der Waals surface area contributed by atoms with Gasteiger partial charge in [-0.3, -0.25) is 0 Å². The zero-order valence-corrected chi connectivity index (χ0v) is 14.1. The molecule has 2 aromatic rings. The van der Waals surface area contributed by atoms with Crippen molar-refractivity contribution in [3.05, 3.63) is 42.5 Å². The van der Waals surface area contributed by atoms with E-state index in [4.69, 9.17) is 0 Å². The lowest BCUT2D eigenvalue weighted by Gasteiger charge is -2.33. The van der Waals surface area contributed by atoms with Crippen LogP contribution < -0.4 is 15.5 Å². The third-order valence-corrected chi connectivity index (χ3v) is 7.81. The second kappa shape index (κ2) is 5.99. The number of nitrogens with zero attached hydrogens (tertiary/aromatic N) is 1. The molecule has 2 aliphatic rings. The number of hydrogen-bond acceptors (Lipinski definition) is 5. The first-order chi connectivity index (χ1) is 11.3. The molecule has 1 atom stereocenters. The number of anilines is 3. The first-order valence-corrected chi connectivity index (χ1v) is 10.4.